The number of hydrogen-bond acceptors (Lipinski definition) is 9. The number of aliphatic hydroxyl groups is 1. The lowest BCUT2D eigenvalue weighted by atomic mass is 9.93. The van der Waals surface area contributed by atoms with Gasteiger partial charge < -0.3 is 14.9 Å². The van der Waals surface area contributed by atoms with E-state index < -0.39 is 34.7 Å². The van der Waals surface area contributed by atoms with Crippen LogP contribution in [-0.2, 0) is 10.0 Å². The van der Waals surface area contributed by atoms with Gasteiger partial charge in [0.05, 0.1) is 54.4 Å². The molecule has 40 heavy (non-hydrogen) atoms. The molecule has 2 saturated heterocycles. The van der Waals surface area contributed by atoms with Gasteiger partial charge in [-0.2, -0.15) is 0 Å². The highest BCUT2D eigenvalue weighted by Crippen LogP contribution is 2.54. The molecule has 11 nitrogen and oxygen atoms in total. The van der Waals surface area contributed by atoms with Gasteiger partial charge in [-0.05, 0) is 62.3 Å². The molecule has 3 aliphatic rings. The smallest absolute Gasteiger partial charge is 0.234 e. The molecule has 2 aliphatic heterocycles. The van der Waals surface area contributed by atoms with E-state index in [0.29, 0.717) is 28.2 Å². The molecule has 0 amide bonds. The fourth-order valence-corrected chi connectivity index (χ4v) is 6.32. The molecule has 3 fully saturated rings. The van der Waals surface area contributed by atoms with Crippen molar-refractivity contribution in [3.05, 3.63) is 36.2 Å². The molecule has 1 saturated carbocycles. The first-order valence-electron chi connectivity index (χ1n) is 13.5. The molecule has 4 heterocycles. The van der Waals surface area contributed by atoms with Crippen molar-refractivity contribution in [3.8, 4) is 17.1 Å². The first-order valence-corrected chi connectivity index (χ1v) is 15.1. The summed E-state index contributed by atoms with van der Waals surface area (Å²) in [6.45, 7) is 2.79. The normalized spacial score (nSPS) is 22.2. The molecule has 2 aromatic heterocycles. The number of nitrogens with zero attached hydrogens (tertiary/aromatic N) is 7. The van der Waals surface area contributed by atoms with E-state index in [1.165, 1.54) is 17.7 Å². The summed E-state index contributed by atoms with van der Waals surface area (Å²) in [4.78, 5) is 12.6. The highest BCUT2D eigenvalue weighted by Gasteiger charge is 2.44. The fourth-order valence-electron chi connectivity index (χ4n) is 5.50. The van der Waals surface area contributed by atoms with E-state index >= 15 is 0 Å². The molecule has 1 spiro atoms. The molecule has 0 bridgehead atoms. The standard InChI is InChI=1S/C26H32F2N8O3S/c1-17-12-21(30-25(29-17)35-14-19(27)20(28)15-35)22-16-36(33-31-22)23-3-2-18(32-40(38,39)11-10-37)13-24(23)34-8-6-26(4-5-26)7-9-34/h2-3,12-13,16,19-20,32,37H,4-11,14-15H2,1H3/t19-,20+. The minimum atomic E-state index is -3.69. The number of aryl methyl sites for hydroxylation is 1. The van der Waals surface area contributed by atoms with Gasteiger partial charge in [-0.25, -0.2) is 31.8 Å². The number of anilines is 3. The summed E-state index contributed by atoms with van der Waals surface area (Å²) in [5.74, 6) is -0.145. The highest BCUT2D eigenvalue weighted by atomic mass is 32.2. The van der Waals surface area contributed by atoms with E-state index in [4.69, 9.17) is 5.11 Å². The van der Waals surface area contributed by atoms with E-state index in [1.807, 2.05) is 0 Å². The molecule has 1 aromatic carbocycles. The van der Waals surface area contributed by atoms with Gasteiger partial charge in [-0.1, -0.05) is 5.21 Å². The Morgan fingerprint density at radius 1 is 1.00 bits per heavy atom. The summed E-state index contributed by atoms with van der Waals surface area (Å²) >= 11 is 0. The van der Waals surface area contributed by atoms with Crippen molar-refractivity contribution in [1.82, 2.24) is 25.0 Å². The molecule has 2 N–H and O–H groups in total. The number of rotatable bonds is 8. The predicted octanol–water partition coefficient (Wildman–Crippen LogP) is 2.64. The first-order chi connectivity index (χ1) is 19.1. The number of aromatic nitrogens is 5. The third-order valence-corrected chi connectivity index (χ3v) is 9.31. The van der Waals surface area contributed by atoms with Gasteiger partial charge >= 0.3 is 0 Å². The lowest BCUT2D eigenvalue weighted by molar-refractivity contribution is 0.217. The lowest BCUT2D eigenvalue weighted by Crippen LogP contribution is -2.35. The van der Waals surface area contributed by atoms with Gasteiger partial charge in [0, 0.05) is 18.8 Å². The van der Waals surface area contributed by atoms with Crippen molar-refractivity contribution >= 4 is 27.3 Å². The highest BCUT2D eigenvalue weighted by molar-refractivity contribution is 7.92. The van der Waals surface area contributed by atoms with Crippen LogP contribution in [0.25, 0.3) is 17.1 Å². The van der Waals surface area contributed by atoms with Crippen LogP contribution in [-0.4, -0.2) is 89.4 Å². The average molecular weight is 575 g/mol. The zero-order valence-corrected chi connectivity index (χ0v) is 23.0. The van der Waals surface area contributed by atoms with Crippen LogP contribution in [0.15, 0.2) is 30.5 Å². The van der Waals surface area contributed by atoms with Gasteiger partial charge in [0.1, 0.15) is 5.69 Å². The van der Waals surface area contributed by atoms with Gasteiger partial charge in [-0.3, -0.25) is 4.72 Å². The SMILES string of the molecule is Cc1cc(-c2cn(-c3ccc(NS(=O)(=O)CCO)cc3N3CCC4(CC3)CC4)nn2)nc(N2C[C@@H](F)[C@@H](F)C2)n1. The number of benzene rings is 1. The summed E-state index contributed by atoms with van der Waals surface area (Å²) in [5.41, 5.74) is 3.98. The monoisotopic (exact) mass is 574 g/mol. The average Bonchev–Trinajstić information content (AvgIpc) is 3.32. The van der Waals surface area contributed by atoms with E-state index in [2.05, 4.69) is 29.9 Å². The summed E-state index contributed by atoms with van der Waals surface area (Å²) in [7, 11) is -3.69. The maximum atomic E-state index is 13.8. The van der Waals surface area contributed by atoms with Gasteiger partial charge in [0.15, 0.2) is 12.3 Å². The Hall–Kier alpha value is -3.39. The van der Waals surface area contributed by atoms with Crippen molar-refractivity contribution < 1.29 is 22.3 Å². The van der Waals surface area contributed by atoms with Crippen molar-refractivity contribution in [2.75, 3.05) is 53.1 Å². The lowest BCUT2D eigenvalue weighted by Gasteiger charge is -2.35. The molecule has 1 aliphatic carbocycles. The predicted molar refractivity (Wildman–Crippen MR) is 147 cm³/mol. The zero-order valence-electron chi connectivity index (χ0n) is 22.2. The second-order valence-electron chi connectivity index (χ2n) is 11.0. The van der Waals surface area contributed by atoms with Crippen LogP contribution < -0.4 is 14.5 Å². The first kappa shape index (κ1) is 26.8. The van der Waals surface area contributed by atoms with E-state index in [9.17, 15) is 17.2 Å². The Morgan fingerprint density at radius 2 is 1.73 bits per heavy atom. The van der Waals surface area contributed by atoms with Crippen LogP contribution >= 0.6 is 0 Å². The molecule has 214 valence electrons. The second-order valence-corrected chi connectivity index (χ2v) is 12.9. The molecule has 6 rings (SSSR count). The van der Waals surface area contributed by atoms with Crippen LogP contribution in [0.1, 0.15) is 31.4 Å². The van der Waals surface area contributed by atoms with Crippen molar-refractivity contribution in [2.45, 2.75) is 45.0 Å². The summed E-state index contributed by atoms with van der Waals surface area (Å²) < 4.78 is 56.4. The van der Waals surface area contributed by atoms with Crippen LogP contribution in [0.2, 0.25) is 0 Å². The van der Waals surface area contributed by atoms with Crippen molar-refractivity contribution in [2.24, 2.45) is 5.41 Å². The molecule has 14 heteroatoms. The topological polar surface area (TPSA) is 129 Å². The number of halogens is 2. The fraction of sp³-hybridized carbons (Fsp3) is 0.538. The molecule has 3 aromatic rings. The number of aliphatic hydroxyl groups excluding tert-OH is 1. The van der Waals surface area contributed by atoms with Crippen LogP contribution in [0, 0.1) is 12.3 Å². The van der Waals surface area contributed by atoms with Gasteiger partial charge in [0.2, 0.25) is 16.0 Å². The van der Waals surface area contributed by atoms with Crippen molar-refractivity contribution in [1.29, 1.82) is 0 Å². The second kappa shape index (κ2) is 10.2. The third kappa shape index (κ3) is 5.46. The van der Waals surface area contributed by atoms with Crippen LogP contribution in [0.5, 0.6) is 0 Å². The quantitative estimate of drug-likeness (QED) is 0.417. The van der Waals surface area contributed by atoms with E-state index in [1.54, 1.807) is 42.1 Å². The molecular formula is C26H32F2N8O3S. The Bertz CT molecular complexity index is 1490. The number of alkyl halides is 2. The van der Waals surface area contributed by atoms with Gasteiger partial charge in [0.25, 0.3) is 0 Å². The Kier molecular flexibility index (Phi) is 6.85. The summed E-state index contributed by atoms with van der Waals surface area (Å²) in [6.07, 6.45) is 3.25. The maximum Gasteiger partial charge on any atom is 0.234 e. The van der Waals surface area contributed by atoms with E-state index in [0.717, 1.165) is 37.3 Å². The third-order valence-electron chi connectivity index (χ3n) is 8.04. The van der Waals surface area contributed by atoms with Crippen LogP contribution in [0.4, 0.5) is 26.1 Å². The number of sulfonamides is 1. The number of nitrogens with one attached hydrogen (secondary N) is 1. The van der Waals surface area contributed by atoms with E-state index in [-0.39, 0.29) is 19.0 Å². The Morgan fingerprint density at radius 3 is 2.40 bits per heavy atom. The Labute approximate surface area is 231 Å². The van der Waals surface area contributed by atoms with Crippen LogP contribution in [0.3, 0.4) is 0 Å². The largest absolute Gasteiger partial charge is 0.395 e. The maximum absolute atomic E-state index is 13.8. The molecule has 0 radical (unpaired) electrons. The Balaban J connectivity index is 1.32. The summed E-state index contributed by atoms with van der Waals surface area (Å²) in [6, 6.07) is 6.98. The number of hydrogen-bond donors (Lipinski definition) is 2. The summed E-state index contributed by atoms with van der Waals surface area (Å²) in [5, 5.41) is 17.8. The van der Waals surface area contributed by atoms with Gasteiger partial charge in [-0.15, -0.1) is 5.10 Å². The zero-order chi connectivity index (χ0) is 28.1. The minimum Gasteiger partial charge on any atom is -0.395 e. The minimum absolute atomic E-state index is 0.106. The molecule has 2 atom stereocenters. The van der Waals surface area contributed by atoms with Crippen molar-refractivity contribution in [3.63, 3.8) is 0 Å². The molecular weight excluding hydrogens is 542 g/mol. The number of piperidine rings is 1. The molecule has 0 unspecified atom stereocenters.